The highest BCUT2D eigenvalue weighted by Crippen LogP contribution is 2.33. The first-order valence-electron chi connectivity index (χ1n) is 7.51. The number of fused-ring (bicyclic) bond motifs is 1. The van der Waals surface area contributed by atoms with Crippen LogP contribution >= 0.6 is 0 Å². The summed E-state index contributed by atoms with van der Waals surface area (Å²) >= 11 is 0. The zero-order valence-corrected chi connectivity index (χ0v) is 12.3. The number of aromatic nitrogens is 4. The van der Waals surface area contributed by atoms with Gasteiger partial charge in [0.25, 0.3) is 5.91 Å². The molecular weight excluding hydrogens is 282 g/mol. The molecule has 0 saturated carbocycles. The Balaban J connectivity index is 1.59. The van der Waals surface area contributed by atoms with Crippen LogP contribution in [0, 0.1) is 0 Å². The molecule has 0 radical (unpaired) electrons. The van der Waals surface area contributed by atoms with Gasteiger partial charge in [0.15, 0.2) is 11.5 Å². The third-order valence-electron chi connectivity index (χ3n) is 4.46. The molecule has 0 aliphatic carbocycles. The third kappa shape index (κ3) is 1.87. The van der Waals surface area contributed by atoms with Crippen molar-refractivity contribution < 1.29 is 4.79 Å². The van der Waals surface area contributed by atoms with Crippen LogP contribution in [0.3, 0.4) is 0 Å². The highest BCUT2D eigenvalue weighted by atomic mass is 16.2. The molecule has 114 valence electrons. The van der Waals surface area contributed by atoms with Crippen LogP contribution in [0.5, 0.6) is 0 Å². The molecule has 1 spiro atoms. The first kappa shape index (κ1) is 13.2. The van der Waals surface area contributed by atoms with Crippen molar-refractivity contribution in [3.05, 3.63) is 12.7 Å². The van der Waals surface area contributed by atoms with Gasteiger partial charge in [-0.3, -0.25) is 9.79 Å². The number of hydrogen-bond acceptors (Lipinski definition) is 6. The van der Waals surface area contributed by atoms with E-state index in [1.807, 2.05) is 6.92 Å². The highest BCUT2D eigenvalue weighted by Gasteiger charge is 2.45. The molecule has 1 saturated heterocycles. The number of aromatic amines is 1. The lowest BCUT2D eigenvalue weighted by Gasteiger charge is -2.36. The second-order valence-electron chi connectivity index (χ2n) is 5.68. The van der Waals surface area contributed by atoms with Crippen molar-refractivity contribution in [3.8, 4) is 0 Å². The minimum atomic E-state index is -0.581. The molecule has 0 atom stereocenters. The van der Waals surface area contributed by atoms with Crippen molar-refractivity contribution in [1.29, 1.82) is 0 Å². The van der Waals surface area contributed by atoms with Crippen molar-refractivity contribution in [1.82, 2.24) is 25.3 Å². The number of hydrogen-bond donors (Lipinski definition) is 2. The van der Waals surface area contributed by atoms with Gasteiger partial charge in [-0.05, 0) is 12.8 Å². The molecule has 2 aliphatic heterocycles. The van der Waals surface area contributed by atoms with Gasteiger partial charge >= 0.3 is 0 Å². The number of piperidine rings is 1. The lowest BCUT2D eigenvalue weighted by Crippen LogP contribution is -2.49. The van der Waals surface area contributed by atoms with Crippen LogP contribution in [-0.4, -0.2) is 50.3 Å². The van der Waals surface area contributed by atoms with Crippen LogP contribution in [0.1, 0.15) is 26.2 Å². The zero-order chi connectivity index (χ0) is 15.2. The molecule has 22 heavy (non-hydrogen) atoms. The maximum Gasteiger partial charge on any atom is 0.253 e. The summed E-state index contributed by atoms with van der Waals surface area (Å²) < 4.78 is 0. The predicted octanol–water partition coefficient (Wildman–Crippen LogP) is 0.630. The summed E-state index contributed by atoms with van der Waals surface area (Å²) in [6, 6.07) is 0. The van der Waals surface area contributed by atoms with E-state index < -0.39 is 5.54 Å². The summed E-state index contributed by atoms with van der Waals surface area (Å²) in [7, 11) is 0. The first-order valence-corrected chi connectivity index (χ1v) is 7.51. The number of nitrogens with zero attached hydrogens (tertiary/aromatic N) is 5. The number of carbonyl (C=O) groups excluding carboxylic acids is 1. The van der Waals surface area contributed by atoms with E-state index in [1.165, 1.54) is 6.33 Å². The van der Waals surface area contributed by atoms with E-state index in [0.717, 1.165) is 36.7 Å². The lowest BCUT2D eigenvalue weighted by molar-refractivity contribution is -0.124. The van der Waals surface area contributed by atoms with Crippen LogP contribution in [0.2, 0.25) is 0 Å². The average molecular weight is 299 g/mol. The van der Waals surface area contributed by atoms with Crippen LogP contribution in [0.4, 0.5) is 5.82 Å². The van der Waals surface area contributed by atoms with E-state index >= 15 is 0 Å². The number of anilines is 1. The number of nitrogens with one attached hydrogen (secondary N) is 2. The molecule has 2 aromatic rings. The minimum absolute atomic E-state index is 0.0402. The molecule has 8 heteroatoms. The topological polar surface area (TPSA) is 99.2 Å². The Morgan fingerprint density at radius 2 is 2.09 bits per heavy atom. The van der Waals surface area contributed by atoms with Crippen LogP contribution < -0.4 is 10.2 Å². The van der Waals surface area contributed by atoms with E-state index in [9.17, 15) is 4.79 Å². The van der Waals surface area contributed by atoms with Gasteiger partial charge in [0.1, 0.15) is 23.2 Å². The van der Waals surface area contributed by atoms with Gasteiger partial charge in [-0.2, -0.15) is 0 Å². The van der Waals surface area contributed by atoms with E-state index in [-0.39, 0.29) is 5.91 Å². The summed E-state index contributed by atoms with van der Waals surface area (Å²) in [6.07, 6.45) is 5.30. The average Bonchev–Trinajstić information content (AvgIpc) is 3.13. The van der Waals surface area contributed by atoms with E-state index in [1.54, 1.807) is 6.33 Å². The summed E-state index contributed by atoms with van der Waals surface area (Å²) in [5.74, 6) is 1.69. The number of amides is 1. The molecule has 0 unspecified atom stereocenters. The van der Waals surface area contributed by atoms with E-state index in [0.29, 0.717) is 18.5 Å². The van der Waals surface area contributed by atoms with Gasteiger partial charge < -0.3 is 15.2 Å². The molecule has 4 rings (SSSR count). The zero-order valence-electron chi connectivity index (χ0n) is 12.3. The minimum Gasteiger partial charge on any atom is -0.355 e. The predicted molar refractivity (Wildman–Crippen MR) is 81.7 cm³/mol. The largest absolute Gasteiger partial charge is 0.355 e. The second-order valence-corrected chi connectivity index (χ2v) is 5.68. The first-order chi connectivity index (χ1) is 10.7. The molecular formula is C14H17N7O. The van der Waals surface area contributed by atoms with Crippen LogP contribution in [0.15, 0.2) is 17.6 Å². The monoisotopic (exact) mass is 299 g/mol. The molecule has 1 fully saturated rings. The molecule has 2 N–H and O–H groups in total. The van der Waals surface area contributed by atoms with Crippen LogP contribution in [0.25, 0.3) is 11.2 Å². The van der Waals surface area contributed by atoms with Gasteiger partial charge in [0, 0.05) is 19.5 Å². The van der Waals surface area contributed by atoms with E-state index in [2.05, 4.69) is 35.1 Å². The Labute approximate surface area is 127 Å². The number of rotatable bonds is 2. The van der Waals surface area contributed by atoms with Crippen molar-refractivity contribution >= 4 is 28.7 Å². The summed E-state index contributed by atoms with van der Waals surface area (Å²) in [5.41, 5.74) is 0.921. The fraction of sp³-hybridized carbons (Fsp3) is 0.500. The lowest BCUT2D eigenvalue weighted by atomic mass is 9.88. The Morgan fingerprint density at radius 1 is 1.27 bits per heavy atom. The molecule has 4 heterocycles. The summed E-state index contributed by atoms with van der Waals surface area (Å²) in [4.78, 5) is 34.8. The van der Waals surface area contributed by atoms with Crippen molar-refractivity contribution in [2.75, 3.05) is 18.0 Å². The van der Waals surface area contributed by atoms with Crippen molar-refractivity contribution in [2.45, 2.75) is 31.7 Å². The SMILES string of the molecule is CCC1=NC2(CCN(c3ncnc4nc[nH]c34)CC2)C(=O)N1. The second kappa shape index (κ2) is 4.75. The molecule has 2 aliphatic rings. The number of imidazole rings is 1. The van der Waals surface area contributed by atoms with Gasteiger partial charge in [0.05, 0.1) is 6.33 Å². The fourth-order valence-electron chi connectivity index (χ4n) is 3.17. The molecule has 8 nitrogen and oxygen atoms in total. The molecule has 1 amide bonds. The quantitative estimate of drug-likeness (QED) is 0.847. The third-order valence-corrected chi connectivity index (χ3v) is 4.46. The summed E-state index contributed by atoms with van der Waals surface area (Å²) in [6.45, 7) is 3.47. The Kier molecular flexibility index (Phi) is 2.85. The number of amidine groups is 1. The van der Waals surface area contributed by atoms with Gasteiger partial charge in [-0.25, -0.2) is 15.0 Å². The van der Waals surface area contributed by atoms with Gasteiger partial charge in [0.2, 0.25) is 0 Å². The Bertz CT molecular complexity index is 757. The Hall–Kier alpha value is -2.51. The molecule has 0 bridgehead atoms. The maximum atomic E-state index is 12.2. The summed E-state index contributed by atoms with van der Waals surface area (Å²) in [5, 5.41) is 2.89. The molecule has 2 aromatic heterocycles. The number of aliphatic imine (C=N–C) groups is 1. The van der Waals surface area contributed by atoms with Crippen molar-refractivity contribution in [2.24, 2.45) is 4.99 Å². The maximum absolute atomic E-state index is 12.2. The van der Waals surface area contributed by atoms with Gasteiger partial charge in [-0.15, -0.1) is 0 Å². The van der Waals surface area contributed by atoms with Gasteiger partial charge in [-0.1, -0.05) is 6.92 Å². The standard InChI is InChI=1S/C14H17N7O/c1-2-9-19-13(22)14(20-9)3-5-21(6-4-14)12-10-11(16-7-15-10)17-8-18-12/h7-8H,2-6H2,1H3,(H,19,20,22)(H,15,16,17,18). The number of H-pyrrole nitrogens is 1. The van der Waals surface area contributed by atoms with Crippen molar-refractivity contribution in [3.63, 3.8) is 0 Å². The number of carbonyl (C=O) groups is 1. The van der Waals surface area contributed by atoms with Crippen LogP contribution in [-0.2, 0) is 4.79 Å². The fourth-order valence-corrected chi connectivity index (χ4v) is 3.17. The smallest absolute Gasteiger partial charge is 0.253 e. The van der Waals surface area contributed by atoms with E-state index in [4.69, 9.17) is 0 Å². The molecule has 0 aromatic carbocycles. The Morgan fingerprint density at radius 3 is 2.82 bits per heavy atom. The highest BCUT2D eigenvalue weighted by molar-refractivity contribution is 6.08. The normalized spacial score (nSPS) is 20.5.